The molecule has 0 aliphatic rings. The van der Waals surface area contributed by atoms with Crippen LogP contribution in [0.15, 0.2) is 24.5 Å². The highest BCUT2D eigenvalue weighted by molar-refractivity contribution is 7.15. The van der Waals surface area contributed by atoms with Crippen molar-refractivity contribution in [3.8, 4) is 10.6 Å². The molecule has 1 unspecified atom stereocenters. The molecular formula is C13H17N3S. The summed E-state index contributed by atoms with van der Waals surface area (Å²) in [6, 6.07) is 3.99. The Morgan fingerprint density at radius 2 is 2.06 bits per heavy atom. The van der Waals surface area contributed by atoms with E-state index in [-0.39, 0.29) is 6.04 Å². The zero-order valence-electron chi connectivity index (χ0n) is 10.3. The Kier molecular flexibility index (Phi) is 3.54. The van der Waals surface area contributed by atoms with E-state index in [9.17, 15) is 0 Å². The summed E-state index contributed by atoms with van der Waals surface area (Å²) in [5.74, 6) is 0.401. The molecule has 0 saturated carbocycles. The minimum Gasteiger partial charge on any atom is -0.323 e. The van der Waals surface area contributed by atoms with Gasteiger partial charge >= 0.3 is 0 Å². The van der Waals surface area contributed by atoms with E-state index < -0.39 is 0 Å². The Morgan fingerprint density at radius 3 is 2.53 bits per heavy atom. The fourth-order valence-electron chi connectivity index (χ4n) is 1.70. The minimum atomic E-state index is 0.0373. The highest BCUT2D eigenvalue weighted by Crippen LogP contribution is 2.34. The molecule has 90 valence electrons. The molecule has 0 fully saturated rings. The molecule has 2 aromatic rings. The van der Waals surface area contributed by atoms with Crippen LogP contribution in [0.25, 0.3) is 10.6 Å². The molecule has 17 heavy (non-hydrogen) atoms. The molecule has 3 nitrogen and oxygen atoms in total. The number of nitrogens with two attached hydrogens (primary N) is 1. The molecule has 1 atom stereocenters. The van der Waals surface area contributed by atoms with E-state index in [1.807, 2.05) is 25.3 Å². The molecule has 0 amide bonds. The zero-order chi connectivity index (χ0) is 12.4. The number of hydrogen-bond acceptors (Lipinski definition) is 4. The van der Waals surface area contributed by atoms with Crippen LogP contribution in [-0.2, 0) is 0 Å². The second kappa shape index (κ2) is 4.94. The van der Waals surface area contributed by atoms with Crippen LogP contribution < -0.4 is 5.73 Å². The molecule has 2 N–H and O–H groups in total. The smallest absolute Gasteiger partial charge is 0.125 e. The molecule has 0 aromatic carbocycles. The fraction of sp³-hybridized carbons (Fsp3) is 0.385. The zero-order valence-corrected chi connectivity index (χ0v) is 11.2. The first-order valence-corrected chi connectivity index (χ1v) is 6.58. The van der Waals surface area contributed by atoms with E-state index in [1.54, 1.807) is 17.5 Å². The van der Waals surface area contributed by atoms with Crippen LogP contribution in [0.1, 0.15) is 43.3 Å². The van der Waals surface area contributed by atoms with Gasteiger partial charge < -0.3 is 5.73 Å². The summed E-state index contributed by atoms with van der Waals surface area (Å²) in [7, 11) is 0. The molecule has 4 heteroatoms. The Hall–Kier alpha value is -1.26. The van der Waals surface area contributed by atoms with Crippen molar-refractivity contribution >= 4 is 11.3 Å². The average molecular weight is 247 g/mol. The first kappa shape index (κ1) is 12.2. The van der Waals surface area contributed by atoms with Crippen molar-refractivity contribution in [3.05, 3.63) is 35.1 Å². The lowest BCUT2D eigenvalue weighted by atomic mass is 10.1. The van der Waals surface area contributed by atoms with Crippen LogP contribution in [-0.4, -0.2) is 9.97 Å². The monoisotopic (exact) mass is 247 g/mol. The van der Waals surface area contributed by atoms with Gasteiger partial charge in [0, 0.05) is 28.9 Å². The molecule has 0 bridgehead atoms. The topological polar surface area (TPSA) is 51.8 Å². The second-order valence-corrected chi connectivity index (χ2v) is 5.48. The molecule has 2 aromatic heterocycles. The van der Waals surface area contributed by atoms with Crippen molar-refractivity contribution in [2.24, 2.45) is 5.73 Å². The first-order chi connectivity index (χ1) is 8.09. The quantitative estimate of drug-likeness (QED) is 0.905. The van der Waals surface area contributed by atoms with Gasteiger partial charge in [-0.2, -0.15) is 0 Å². The average Bonchev–Trinajstić information content (AvgIpc) is 2.75. The normalized spacial score (nSPS) is 13.0. The van der Waals surface area contributed by atoms with Gasteiger partial charge in [0.25, 0.3) is 0 Å². The van der Waals surface area contributed by atoms with E-state index in [1.165, 1.54) is 4.88 Å². The van der Waals surface area contributed by atoms with Gasteiger partial charge in [-0.1, -0.05) is 13.8 Å². The van der Waals surface area contributed by atoms with Gasteiger partial charge in [0.2, 0.25) is 0 Å². The number of pyridine rings is 1. The number of hydrogen-bond donors (Lipinski definition) is 1. The predicted octanol–water partition coefficient (Wildman–Crippen LogP) is 3.35. The van der Waals surface area contributed by atoms with Crippen LogP contribution in [0, 0.1) is 0 Å². The van der Waals surface area contributed by atoms with Gasteiger partial charge in [0.05, 0.1) is 5.69 Å². The van der Waals surface area contributed by atoms with Crippen LogP contribution in [0.5, 0.6) is 0 Å². The summed E-state index contributed by atoms with van der Waals surface area (Å²) in [5, 5.41) is 1.01. The Bertz CT molecular complexity index is 463. The number of thiazole rings is 1. The summed E-state index contributed by atoms with van der Waals surface area (Å²) in [6.45, 7) is 6.30. The number of nitrogens with zero attached hydrogens (tertiary/aromatic N) is 2. The molecule has 0 radical (unpaired) electrons. The number of rotatable bonds is 3. The summed E-state index contributed by atoms with van der Waals surface area (Å²) in [6.07, 6.45) is 3.61. The van der Waals surface area contributed by atoms with Crippen LogP contribution in [0.2, 0.25) is 0 Å². The van der Waals surface area contributed by atoms with Crippen LogP contribution in [0.3, 0.4) is 0 Å². The van der Waals surface area contributed by atoms with E-state index in [0.29, 0.717) is 5.92 Å². The first-order valence-electron chi connectivity index (χ1n) is 5.76. The molecule has 2 heterocycles. The molecular weight excluding hydrogens is 230 g/mol. The molecule has 0 saturated heterocycles. The minimum absolute atomic E-state index is 0.0373. The summed E-state index contributed by atoms with van der Waals surface area (Å²) in [5.41, 5.74) is 8.17. The molecule has 0 spiro atoms. The van der Waals surface area contributed by atoms with Gasteiger partial charge in [-0.15, -0.1) is 11.3 Å². The summed E-state index contributed by atoms with van der Waals surface area (Å²) in [4.78, 5) is 10.0. The Morgan fingerprint density at radius 1 is 1.29 bits per heavy atom. The van der Waals surface area contributed by atoms with E-state index in [2.05, 4.69) is 18.8 Å². The summed E-state index contributed by atoms with van der Waals surface area (Å²) >= 11 is 1.67. The van der Waals surface area contributed by atoms with E-state index in [0.717, 1.165) is 16.3 Å². The Balaban J connectivity index is 2.48. The maximum Gasteiger partial charge on any atom is 0.125 e. The SMILES string of the molecule is CC(C)c1nc(-c2cccnc2)sc1C(C)N. The van der Waals surface area contributed by atoms with Gasteiger partial charge in [-0.05, 0) is 25.0 Å². The standard InChI is InChI=1S/C13H17N3S/c1-8(2)11-12(9(3)14)17-13(16-11)10-5-4-6-15-7-10/h4-9H,14H2,1-3H3. The van der Waals surface area contributed by atoms with Gasteiger partial charge in [0.1, 0.15) is 5.01 Å². The second-order valence-electron chi connectivity index (χ2n) is 4.45. The third-order valence-corrected chi connectivity index (χ3v) is 3.87. The largest absolute Gasteiger partial charge is 0.323 e. The van der Waals surface area contributed by atoms with Gasteiger partial charge in [0.15, 0.2) is 0 Å². The maximum absolute atomic E-state index is 6.00. The van der Waals surface area contributed by atoms with Crippen molar-refractivity contribution in [2.75, 3.05) is 0 Å². The highest BCUT2D eigenvalue weighted by atomic mass is 32.1. The van der Waals surface area contributed by atoms with Crippen LogP contribution >= 0.6 is 11.3 Å². The lowest BCUT2D eigenvalue weighted by Gasteiger charge is -2.07. The number of aromatic nitrogens is 2. The molecule has 0 aliphatic carbocycles. The fourth-order valence-corrected chi connectivity index (χ4v) is 2.86. The van der Waals surface area contributed by atoms with Gasteiger partial charge in [-0.3, -0.25) is 4.98 Å². The van der Waals surface area contributed by atoms with Crippen molar-refractivity contribution < 1.29 is 0 Å². The third-order valence-electron chi connectivity index (χ3n) is 2.55. The highest BCUT2D eigenvalue weighted by Gasteiger charge is 2.17. The predicted molar refractivity (Wildman–Crippen MR) is 72.0 cm³/mol. The van der Waals surface area contributed by atoms with Crippen molar-refractivity contribution in [1.82, 2.24) is 9.97 Å². The van der Waals surface area contributed by atoms with Crippen molar-refractivity contribution in [3.63, 3.8) is 0 Å². The van der Waals surface area contributed by atoms with Crippen LogP contribution in [0.4, 0.5) is 0 Å². The van der Waals surface area contributed by atoms with Crippen molar-refractivity contribution in [1.29, 1.82) is 0 Å². The molecule has 2 rings (SSSR count). The third kappa shape index (κ3) is 2.53. The van der Waals surface area contributed by atoms with E-state index in [4.69, 9.17) is 10.7 Å². The molecule has 0 aliphatic heterocycles. The van der Waals surface area contributed by atoms with Crippen molar-refractivity contribution in [2.45, 2.75) is 32.7 Å². The maximum atomic E-state index is 6.00. The lowest BCUT2D eigenvalue weighted by molar-refractivity contribution is 0.763. The Labute approximate surface area is 106 Å². The van der Waals surface area contributed by atoms with Gasteiger partial charge in [-0.25, -0.2) is 4.98 Å². The summed E-state index contributed by atoms with van der Waals surface area (Å²) < 4.78 is 0. The lowest BCUT2D eigenvalue weighted by Crippen LogP contribution is -2.06. The van der Waals surface area contributed by atoms with E-state index >= 15 is 0 Å².